The lowest BCUT2D eigenvalue weighted by atomic mass is 10.3. The van der Waals surface area contributed by atoms with Crippen LogP contribution in [0.3, 0.4) is 0 Å². The minimum atomic E-state index is -0.653. The summed E-state index contributed by atoms with van der Waals surface area (Å²) in [6.07, 6.45) is 0. The van der Waals surface area contributed by atoms with Crippen molar-refractivity contribution >= 4 is 11.0 Å². The first-order chi connectivity index (χ1) is 8.20. The fourth-order valence-electron chi connectivity index (χ4n) is 1.56. The lowest BCUT2D eigenvalue weighted by Crippen LogP contribution is -2.19. The Kier molecular flexibility index (Phi) is 3.65. The van der Waals surface area contributed by atoms with Crippen LogP contribution in [-0.2, 0) is 11.3 Å². The Morgan fingerprint density at radius 3 is 3.00 bits per heavy atom. The van der Waals surface area contributed by atoms with Crippen molar-refractivity contribution in [2.45, 2.75) is 6.54 Å². The number of benzene rings is 1. The standard InChI is InChI=1S/C11H13F2N3O/c1-17-3-2-14-6-10-15-9-5-7(12)4-8(13)11(9)16-10/h4-5,14H,2-3,6H2,1H3,(H,15,16). The smallest absolute Gasteiger partial charge is 0.153 e. The molecular weight excluding hydrogens is 228 g/mol. The van der Waals surface area contributed by atoms with Crippen LogP contribution < -0.4 is 5.32 Å². The van der Waals surface area contributed by atoms with Crippen LogP contribution in [-0.4, -0.2) is 30.2 Å². The molecule has 0 aliphatic carbocycles. The average molecular weight is 241 g/mol. The van der Waals surface area contributed by atoms with Crippen LogP contribution in [0.2, 0.25) is 0 Å². The number of rotatable bonds is 5. The van der Waals surface area contributed by atoms with E-state index in [2.05, 4.69) is 15.3 Å². The number of imidazole rings is 1. The molecule has 0 amide bonds. The van der Waals surface area contributed by atoms with Gasteiger partial charge in [-0.2, -0.15) is 0 Å². The Morgan fingerprint density at radius 2 is 2.24 bits per heavy atom. The number of aromatic amines is 1. The lowest BCUT2D eigenvalue weighted by molar-refractivity contribution is 0.199. The van der Waals surface area contributed by atoms with Gasteiger partial charge in [-0.25, -0.2) is 13.8 Å². The number of nitrogens with zero attached hydrogens (tertiary/aromatic N) is 1. The summed E-state index contributed by atoms with van der Waals surface area (Å²) in [6.45, 7) is 1.71. The summed E-state index contributed by atoms with van der Waals surface area (Å²) < 4.78 is 31.2. The molecule has 2 aromatic rings. The molecule has 0 unspecified atom stereocenters. The summed E-state index contributed by atoms with van der Waals surface area (Å²) >= 11 is 0. The molecule has 0 aliphatic heterocycles. The van der Waals surface area contributed by atoms with Gasteiger partial charge in [0.25, 0.3) is 0 Å². The zero-order chi connectivity index (χ0) is 12.3. The molecule has 0 saturated heterocycles. The lowest BCUT2D eigenvalue weighted by Gasteiger charge is -2.00. The molecule has 0 bridgehead atoms. The van der Waals surface area contributed by atoms with Gasteiger partial charge in [0.15, 0.2) is 5.82 Å². The monoisotopic (exact) mass is 241 g/mol. The van der Waals surface area contributed by atoms with Crippen LogP contribution >= 0.6 is 0 Å². The van der Waals surface area contributed by atoms with E-state index in [9.17, 15) is 8.78 Å². The third-order valence-corrected chi connectivity index (χ3v) is 2.33. The van der Waals surface area contributed by atoms with Gasteiger partial charge in [-0.3, -0.25) is 0 Å². The Morgan fingerprint density at radius 1 is 1.41 bits per heavy atom. The molecule has 17 heavy (non-hydrogen) atoms. The minimum Gasteiger partial charge on any atom is -0.383 e. The zero-order valence-electron chi connectivity index (χ0n) is 9.39. The van der Waals surface area contributed by atoms with Crippen molar-refractivity contribution < 1.29 is 13.5 Å². The quantitative estimate of drug-likeness (QED) is 0.781. The maximum Gasteiger partial charge on any atom is 0.153 e. The molecule has 4 nitrogen and oxygen atoms in total. The van der Waals surface area contributed by atoms with Crippen LogP contribution in [0.25, 0.3) is 11.0 Å². The van der Waals surface area contributed by atoms with E-state index >= 15 is 0 Å². The molecule has 0 spiro atoms. The van der Waals surface area contributed by atoms with Crippen molar-refractivity contribution in [2.75, 3.05) is 20.3 Å². The summed E-state index contributed by atoms with van der Waals surface area (Å²) in [6, 6.07) is 2.05. The second kappa shape index (κ2) is 5.20. The maximum absolute atomic E-state index is 13.3. The van der Waals surface area contributed by atoms with Crippen LogP contribution in [0.5, 0.6) is 0 Å². The van der Waals surface area contributed by atoms with Gasteiger partial charge < -0.3 is 15.0 Å². The molecule has 92 valence electrons. The predicted molar refractivity (Wildman–Crippen MR) is 59.6 cm³/mol. The third kappa shape index (κ3) is 2.78. The Balaban J connectivity index is 2.12. The van der Waals surface area contributed by atoms with Gasteiger partial charge in [0.1, 0.15) is 17.2 Å². The summed E-state index contributed by atoms with van der Waals surface area (Å²) in [7, 11) is 1.61. The van der Waals surface area contributed by atoms with Crippen LogP contribution in [0.4, 0.5) is 8.78 Å². The fourth-order valence-corrected chi connectivity index (χ4v) is 1.56. The largest absolute Gasteiger partial charge is 0.383 e. The van der Waals surface area contributed by atoms with E-state index in [1.165, 1.54) is 6.07 Å². The molecule has 0 radical (unpaired) electrons. The first kappa shape index (κ1) is 11.9. The van der Waals surface area contributed by atoms with Crippen LogP contribution in [0.1, 0.15) is 5.82 Å². The van der Waals surface area contributed by atoms with Gasteiger partial charge in [-0.15, -0.1) is 0 Å². The Bertz CT molecular complexity index is 513. The Labute approximate surface area is 97.0 Å². The number of H-pyrrole nitrogens is 1. The zero-order valence-corrected chi connectivity index (χ0v) is 9.39. The summed E-state index contributed by atoms with van der Waals surface area (Å²) in [5.74, 6) is -0.697. The Hall–Kier alpha value is -1.53. The number of hydrogen-bond donors (Lipinski definition) is 2. The highest BCUT2D eigenvalue weighted by molar-refractivity contribution is 5.75. The average Bonchev–Trinajstić information content (AvgIpc) is 2.67. The van der Waals surface area contributed by atoms with E-state index in [-0.39, 0.29) is 5.52 Å². The van der Waals surface area contributed by atoms with Crippen molar-refractivity contribution in [3.05, 3.63) is 29.6 Å². The SMILES string of the molecule is COCCNCc1nc2c(F)cc(F)cc2[nH]1. The van der Waals surface area contributed by atoms with Gasteiger partial charge in [0.2, 0.25) is 0 Å². The number of halogens is 2. The molecule has 2 rings (SSSR count). The second-order valence-corrected chi connectivity index (χ2v) is 3.64. The first-order valence-corrected chi connectivity index (χ1v) is 5.24. The summed E-state index contributed by atoms with van der Waals surface area (Å²) in [5, 5.41) is 3.06. The number of methoxy groups -OCH3 is 1. The molecule has 0 aliphatic rings. The number of hydrogen-bond acceptors (Lipinski definition) is 3. The number of aromatic nitrogens is 2. The number of fused-ring (bicyclic) bond motifs is 1. The minimum absolute atomic E-state index is 0.162. The topological polar surface area (TPSA) is 49.9 Å². The van der Waals surface area contributed by atoms with Crippen molar-refractivity contribution in [1.82, 2.24) is 15.3 Å². The van der Waals surface area contributed by atoms with E-state index in [1.54, 1.807) is 7.11 Å². The van der Waals surface area contributed by atoms with Gasteiger partial charge in [0.05, 0.1) is 18.7 Å². The molecule has 6 heteroatoms. The predicted octanol–water partition coefficient (Wildman–Crippen LogP) is 1.58. The van der Waals surface area contributed by atoms with E-state index in [1.807, 2.05) is 0 Å². The first-order valence-electron chi connectivity index (χ1n) is 5.24. The third-order valence-electron chi connectivity index (χ3n) is 2.33. The fraction of sp³-hybridized carbons (Fsp3) is 0.364. The number of ether oxygens (including phenoxy) is 1. The van der Waals surface area contributed by atoms with E-state index in [0.717, 1.165) is 6.07 Å². The summed E-state index contributed by atoms with van der Waals surface area (Å²) in [5.41, 5.74) is 0.529. The van der Waals surface area contributed by atoms with Crippen molar-refractivity contribution in [3.63, 3.8) is 0 Å². The normalized spacial score (nSPS) is 11.2. The second-order valence-electron chi connectivity index (χ2n) is 3.64. The maximum atomic E-state index is 13.3. The van der Waals surface area contributed by atoms with Crippen LogP contribution in [0.15, 0.2) is 12.1 Å². The van der Waals surface area contributed by atoms with Crippen LogP contribution in [0, 0.1) is 11.6 Å². The molecule has 1 aromatic carbocycles. The van der Waals surface area contributed by atoms with E-state index < -0.39 is 11.6 Å². The molecule has 2 N–H and O–H groups in total. The highest BCUT2D eigenvalue weighted by atomic mass is 19.1. The molecular formula is C11H13F2N3O. The molecule has 0 atom stereocenters. The molecule has 1 heterocycles. The van der Waals surface area contributed by atoms with E-state index in [4.69, 9.17) is 4.74 Å². The number of nitrogens with one attached hydrogen (secondary N) is 2. The van der Waals surface area contributed by atoms with Crippen molar-refractivity contribution in [3.8, 4) is 0 Å². The van der Waals surface area contributed by atoms with Gasteiger partial charge in [0, 0.05) is 19.7 Å². The van der Waals surface area contributed by atoms with Gasteiger partial charge in [-0.05, 0) is 6.07 Å². The van der Waals surface area contributed by atoms with E-state index in [0.29, 0.717) is 31.0 Å². The molecule has 0 fully saturated rings. The van der Waals surface area contributed by atoms with Gasteiger partial charge in [-0.1, -0.05) is 0 Å². The highest BCUT2D eigenvalue weighted by Crippen LogP contribution is 2.17. The summed E-state index contributed by atoms with van der Waals surface area (Å²) in [4.78, 5) is 6.91. The highest BCUT2D eigenvalue weighted by Gasteiger charge is 2.09. The van der Waals surface area contributed by atoms with Crippen molar-refractivity contribution in [2.24, 2.45) is 0 Å². The molecule has 0 saturated carbocycles. The van der Waals surface area contributed by atoms with Gasteiger partial charge >= 0.3 is 0 Å². The molecule has 1 aromatic heterocycles. The van der Waals surface area contributed by atoms with Crippen molar-refractivity contribution in [1.29, 1.82) is 0 Å².